The van der Waals surface area contributed by atoms with E-state index in [-0.39, 0.29) is 24.0 Å². The molecule has 1 heterocycles. The number of benzene rings is 3. The Morgan fingerprint density at radius 3 is 2.11 bits per heavy atom. The fourth-order valence-corrected chi connectivity index (χ4v) is 7.92. The molecule has 8 nitrogen and oxygen atoms in total. The molecule has 0 amide bonds. The van der Waals surface area contributed by atoms with Gasteiger partial charge in [-0.25, -0.2) is 8.42 Å². The smallest absolute Gasteiger partial charge is 0.311 e. The summed E-state index contributed by atoms with van der Waals surface area (Å²) in [6.45, 7) is 12.9. The maximum atomic E-state index is 14.6. The Kier molecular flexibility index (Phi) is 10.7. The number of carbonyl (C=O) groups is 1. The number of ether oxygens (including phenoxy) is 3. The highest BCUT2D eigenvalue weighted by Gasteiger charge is 2.40. The predicted octanol–water partition coefficient (Wildman–Crippen LogP) is 6.01. The van der Waals surface area contributed by atoms with Gasteiger partial charge in [0.25, 0.3) is 0 Å². The van der Waals surface area contributed by atoms with Crippen LogP contribution in [-0.2, 0) is 35.6 Å². The third kappa shape index (κ3) is 7.95. The fraction of sp³-hybridized carbons (Fsp3) is 0.457. The van der Waals surface area contributed by atoms with Gasteiger partial charge in [0.1, 0.15) is 6.10 Å². The molecule has 0 saturated carbocycles. The molecule has 1 saturated heterocycles. The van der Waals surface area contributed by atoms with Gasteiger partial charge in [-0.3, -0.25) is 4.79 Å². The first kappa shape index (κ1) is 33.8. The summed E-state index contributed by atoms with van der Waals surface area (Å²) < 4.78 is 48.1. The highest BCUT2D eigenvalue weighted by atomic mass is 32.2. The van der Waals surface area contributed by atoms with E-state index in [0.717, 1.165) is 11.1 Å². The summed E-state index contributed by atoms with van der Waals surface area (Å²) in [7, 11) is -4.07. The molecule has 9 heteroatoms. The Hall–Kier alpha value is -3.08. The van der Waals surface area contributed by atoms with Crippen LogP contribution in [0.2, 0.25) is 0 Å². The molecular weight excluding hydrogens is 578 g/mol. The van der Waals surface area contributed by atoms with E-state index < -0.39 is 45.9 Å². The molecule has 0 aromatic heterocycles. The molecule has 1 N–H and O–H groups in total. The molecule has 1 aliphatic rings. The molecule has 0 bridgehead atoms. The van der Waals surface area contributed by atoms with E-state index in [1.54, 1.807) is 41.5 Å². The van der Waals surface area contributed by atoms with Gasteiger partial charge in [-0.2, -0.15) is 4.31 Å². The van der Waals surface area contributed by atoms with Crippen LogP contribution in [0.5, 0.6) is 0 Å². The quantitative estimate of drug-likeness (QED) is 0.247. The number of rotatable bonds is 12. The Morgan fingerprint density at radius 2 is 1.57 bits per heavy atom. The number of aliphatic hydroxyl groups is 1. The van der Waals surface area contributed by atoms with Gasteiger partial charge in [-0.15, -0.1) is 0 Å². The molecule has 0 unspecified atom stereocenters. The summed E-state index contributed by atoms with van der Waals surface area (Å²) in [5, 5.41) is 11.0. The van der Waals surface area contributed by atoms with E-state index in [0.29, 0.717) is 23.3 Å². The second-order valence-electron chi connectivity index (χ2n) is 12.3. The number of aliphatic hydroxyl groups excluding tert-OH is 1. The van der Waals surface area contributed by atoms with Crippen LogP contribution in [0.25, 0.3) is 0 Å². The minimum atomic E-state index is -4.07. The summed E-state index contributed by atoms with van der Waals surface area (Å²) in [4.78, 5) is 13.8. The fourth-order valence-electron chi connectivity index (χ4n) is 5.88. The average molecular weight is 624 g/mol. The van der Waals surface area contributed by atoms with Crippen molar-refractivity contribution in [1.29, 1.82) is 0 Å². The number of aryl methyl sites for hydroxylation is 3. The van der Waals surface area contributed by atoms with E-state index in [2.05, 4.69) is 0 Å². The SMILES string of the molecule is Cc1cc(C)c(S(=O)(=O)N(Cc2ccccc2)[C@H](C)[C@@H](OC(=O)[C@@H](C)[C@@H](O)C[C@H]2COC(C)(C)O2)c2ccccc2)c(C)c1. The van der Waals surface area contributed by atoms with E-state index >= 15 is 0 Å². The standard InChI is InChI=1S/C35H45NO7S/c1-23-18-24(2)33(25(3)19-23)44(39,40)36(21-28-14-10-8-11-15-28)27(5)32(29-16-12-9-13-17-29)42-34(38)26(4)31(37)20-30-22-41-35(6,7)43-30/h8-19,26-27,30-32,37H,20-22H2,1-7H3/t26-,27+,30-,31-,32+/m0/s1. The summed E-state index contributed by atoms with van der Waals surface area (Å²) in [5.74, 6) is -2.26. The van der Waals surface area contributed by atoms with Crippen molar-refractivity contribution in [3.05, 3.63) is 101 Å². The number of esters is 1. The first-order valence-electron chi connectivity index (χ1n) is 15.1. The van der Waals surface area contributed by atoms with E-state index in [1.807, 2.05) is 79.7 Å². The van der Waals surface area contributed by atoms with Crippen LogP contribution < -0.4 is 0 Å². The van der Waals surface area contributed by atoms with E-state index in [4.69, 9.17) is 14.2 Å². The number of sulfonamides is 1. The van der Waals surface area contributed by atoms with Crippen molar-refractivity contribution in [2.24, 2.45) is 5.92 Å². The van der Waals surface area contributed by atoms with Crippen LogP contribution in [0.15, 0.2) is 77.7 Å². The van der Waals surface area contributed by atoms with E-state index in [1.165, 1.54) is 4.31 Å². The van der Waals surface area contributed by atoms with Crippen LogP contribution in [0.3, 0.4) is 0 Å². The third-order valence-corrected chi connectivity index (χ3v) is 10.4. The normalized spacial score (nSPS) is 19.3. The molecule has 1 fully saturated rings. The lowest BCUT2D eigenvalue weighted by Gasteiger charge is -2.35. The molecule has 238 valence electrons. The lowest BCUT2D eigenvalue weighted by molar-refractivity contribution is -0.162. The van der Waals surface area contributed by atoms with Gasteiger partial charge in [-0.1, -0.05) is 78.4 Å². The first-order valence-corrected chi connectivity index (χ1v) is 16.5. The van der Waals surface area contributed by atoms with Crippen molar-refractivity contribution in [2.45, 2.75) is 96.5 Å². The highest BCUT2D eigenvalue weighted by molar-refractivity contribution is 7.89. The second-order valence-corrected chi connectivity index (χ2v) is 14.1. The maximum Gasteiger partial charge on any atom is 0.311 e. The molecule has 44 heavy (non-hydrogen) atoms. The van der Waals surface area contributed by atoms with Crippen LogP contribution in [0, 0.1) is 26.7 Å². The average Bonchev–Trinajstić information content (AvgIpc) is 3.31. The number of carbonyl (C=O) groups excluding carboxylic acids is 1. The first-order chi connectivity index (χ1) is 20.7. The van der Waals surface area contributed by atoms with Gasteiger partial charge in [0.2, 0.25) is 10.0 Å². The molecule has 1 aliphatic heterocycles. The second kappa shape index (κ2) is 13.9. The van der Waals surface area contributed by atoms with Gasteiger partial charge in [0.05, 0.1) is 35.7 Å². The Bertz CT molecular complexity index is 1500. The van der Waals surface area contributed by atoms with Crippen molar-refractivity contribution in [2.75, 3.05) is 6.61 Å². The van der Waals surface area contributed by atoms with Crippen LogP contribution in [-0.4, -0.2) is 54.4 Å². The third-order valence-electron chi connectivity index (χ3n) is 8.14. The van der Waals surface area contributed by atoms with Crippen molar-refractivity contribution in [3.8, 4) is 0 Å². The molecule has 3 aromatic carbocycles. The minimum absolute atomic E-state index is 0.0744. The lowest BCUT2D eigenvalue weighted by atomic mass is 9.98. The zero-order valence-electron chi connectivity index (χ0n) is 26.7. The van der Waals surface area contributed by atoms with Crippen LogP contribution in [0.4, 0.5) is 0 Å². The largest absolute Gasteiger partial charge is 0.455 e. The predicted molar refractivity (Wildman–Crippen MR) is 169 cm³/mol. The zero-order valence-corrected chi connectivity index (χ0v) is 27.5. The summed E-state index contributed by atoms with van der Waals surface area (Å²) in [6, 6.07) is 21.4. The molecule has 0 aliphatic carbocycles. The molecule has 4 rings (SSSR count). The molecule has 0 spiro atoms. The van der Waals surface area contributed by atoms with Crippen LogP contribution >= 0.6 is 0 Å². The Balaban J connectivity index is 1.69. The Labute approximate surface area is 262 Å². The number of hydrogen-bond acceptors (Lipinski definition) is 7. The van der Waals surface area contributed by atoms with Gasteiger partial charge in [0.15, 0.2) is 5.79 Å². The Morgan fingerprint density at radius 1 is 1.00 bits per heavy atom. The van der Waals surface area contributed by atoms with Crippen molar-refractivity contribution in [1.82, 2.24) is 4.31 Å². The van der Waals surface area contributed by atoms with Gasteiger partial charge in [0, 0.05) is 13.0 Å². The topological polar surface area (TPSA) is 102 Å². The summed E-state index contributed by atoms with van der Waals surface area (Å²) in [5.41, 5.74) is 3.73. The molecular formula is C35H45NO7S. The van der Waals surface area contributed by atoms with Crippen molar-refractivity contribution >= 4 is 16.0 Å². The molecule has 5 atom stereocenters. The molecule has 0 radical (unpaired) electrons. The summed E-state index contributed by atoms with van der Waals surface area (Å²) in [6.07, 6.45) is -2.15. The number of hydrogen-bond donors (Lipinski definition) is 1. The van der Waals surface area contributed by atoms with Crippen LogP contribution in [0.1, 0.15) is 68.0 Å². The maximum absolute atomic E-state index is 14.6. The van der Waals surface area contributed by atoms with Crippen molar-refractivity contribution < 1.29 is 32.5 Å². The van der Waals surface area contributed by atoms with Crippen molar-refractivity contribution in [3.63, 3.8) is 0 Å². The number of nitrogens with zero attached hydrogens (tertiary/aromatic N) is 1. The van der Waals surface area contributed by atoms with Gasteiger partial charge in [-0.05, 0) is 70.7 Å². The highest BCUT2D eigenvalue weighted by Crippen LogP contribution is 2.34. The molecule has 3 aromatic rings. The van der Waals surface area contributed by atoms with Gasteiger partial charge >= 0.3 is 5.97 Å². The zero-order chi connectivity index (χ0) is 32.2. The lowest BCUT2D eigenvalue weighted by Crippen LogP contribution is -2.44. The monoisotopic (exact) mass is 623 g/mol. The summed E-state index contributed by atoms with van der Waals surface area (Å²) >= 11 is 0. The van der Waals surface area contributed by atoms with E-state index in [9.17, 15) is 18.3 Å². The van der Waals surface area contributed by atoms with Gasteiger partial charge < -0.3 is 19.3 Å². The minimum Gasteiger partial charge on any atom is -0.455 e.